The number of hydrogen-bond donors (Lipinski definition) is 1. The van der Waals surface area contributed by atoms with Crippen LogP contribution in [0.2, 0.25) is 5.02 Å². The summed E-state index contributed by atoms with van der Waals surface area (Å²) in [6.07, 6.45) is 0. The molecule has 1 saturated heterocycles. The highest BCUT2D eigenvalue weighted by Crippen LogP contribution is 2.28. The molecule has 1 aliphatic rings. The van der Waals surface area contributed by atoms with E-state index in [4.69, 9.17) is 27.1 Å². The van der Waals surface area contributed by atoms with E-state index in [0.717, 1.165) is 29.3 Å². The van der Waals surface area contributed by atoms with Crippen LogP contribution in [-0.4, -0.2) is 40.8 Å². The Morgan fingerprint density at radius 2 is 2.07 bits per heavy atom. The van der Waals surface area contributed by atoms with Crippen molar-refractivity contribution < 1.29 is 4.74 Å². The summed E-state index contributed by atoms with van der Waals surface area (Å²) in [6, 6.07) is 5.80. The van der Waals surface area contributed by atoms with Crippen molar-refractivity contribution in [2.45, 2.75) is 20.0 Å². The molecule has 0 bridgehead atoms. The summed E-state index contributed by atoms with van der Waals surface area (Å²) in [7, 11) is 0. The first kappa shape index (κ1) is 18.4. The van der Waals surface area contributed by atoms with E-state index in [2.05, 4.69) is 9.88 Å². The van der Waals surface area contributed by atoms with Gasteiger partial charge in [0.2, 0.25) is 0 Å². The molecule has 1 fully saturated rings. The molecule has 3 heterocycles. The average Bonchev–Trinajstić information content (AvgIpc) is 3.14. The van der Waals surface area contributed by atoms with Gasteiger partial charge in [0.25, 0.3) is 5.56 Å². The Labute approximate surface area is 165 Å². The fourth-order valence-corrected chi connectivity index (χ4v) is 4.38. The first-order valence-electron chi connectivity index (χ1n) is 8.75. The Bertz CT molecular complexity index is 1040. The van der Waals surface area contributed by atoms with E-state index >= 15 is 0 Å². The molecular formula is C18H20ClN5O2S. The summed E-state index contributed by atoms with van der Waals surface area (Å²) in [5, 5.41) is 1.53. The van der Waals surface area contributed by atoms with Crippen molar-refractivity contribution in [1.82, 2.24) is 14.5 Å². The molecule has 27 heavy (non-hydrogen) atoms. The standard InChI is InChI=1S/C18H20ClN5O2S/c1-11-12(3-2-4-13(11)19)10-24-14(9-20)21-17(25)15-16(24)22-18(27-15)23-5-7-26-8-6-23/h2-4H,5-10,20H2,1H3. The Hall–Kier alpha value is -2.00. The van der Waals surface area contributed by atoms with E-state index in [1.54, 1.807) is 0 Å². The van der Waals surface area contributed by atoms with Crippen molar-refractivity contribution >= 4 is 38.4 Å². The lowest BCUT2D eigenvalue weighted by molar-refractivity contribution is 0.122. The molecule has 1 aliphatic heterocycles. The van der Waals surface area contributed by atoms with E-state index in [-0.39, 0.29) is 12.1 Å². The van der Waals surface area contributed by atoms with Gasteiger partial charge in [0.1, 0.15) is 10.5 Å². The maximum Gasteiger partial charge on any atom is 0.292 e. The minimum Gasteiger partial charge on any atom is -0.378 e. The second-order valence-corrected chi connectivity index (χ2v) is 7.78. The normalized spacial score (nSPS) is 14.9. The van der Waals surface area contributed by atoms with Crippen LogP contribution in [0.4, 0.5) is 5.13 Å². The molecule has 4 rings (SSSR count). The Morgan fingerprint density at radius 3 is 2.81 bits per heavy atom. The minimum atomic E-state index is -0.276. The summed E-state index contributed by atoms with van der Waals surface area (Å²) in [4.78, 5) is 23.6. The predicted molar refractivity (Wildman–Crippen MR) is 108 cm³/mol. The molecular weight excluding hydrogens is 386 g/mol. The van der Waals surface area contributed by atoms with Gasteiger partial charge in [-0.25, -0.2) is 4.98 Å². The molecule has 0 unspecified atom stereocenters. The number of benzene rings is 1. The van der Waals surface area contributed by atoms with Crippen LogP contribution in [0.25, 0.3) is 10.3 Å². The third-order valence-electron chi connectivity index (χ3n) is 4.76. The van der Waals surface area contributed by atoms with Crippen molar-refractivity contribution in [3.05, 3.63) is 50.5 Å². The molecule has 2 N–H and O–H groups in total. The van der Waals surface area contributed by atoms with Crippen LogP contribution in [0.1, 0.15) is 17.0 Å². The van der Waals surface area contributed by atoms with Crippen LogP contribution in [0.5, 0.6) is 0 Å². The summed E-state index contributed by atoms with van der Waals surface area (Å²) >= 11 is 7.65. The lowest BCUT2D eigenvalue weighted by Crippen LogP contribution is -2.36. The Balaban J connectivity index is 1.84. The lowest BCUT2D eigenvalue weighted by Gasteiger charge is -2.25. The zero-order chi connectivity index (χ0) is 19.0. The van der Waals surface area contributed by atoms with Crippen molar-refractivity contribution in [3.8, 4) is 0 Å². The molecule has 7 nitrogen and oxygen atoms in total. The van der Waals surface area contributed by atoms with E-state index in [9.17, 15) is 4.79 Å². The molecule has 0 spiro atoms. The van der Waals surface area contributed by atoms with Crippen LogP contribution in [0.15, 0.2) is 23.0 Å². The molecule has 142 valence electrons. The zero-order valence-corrected chi connectivity index (χ0v) is 16.5. The van der Waals surface area contributed by atoms with Gasteiger partial charge in [-0.2, -0.15) is 4.98 Å². The smallest absolute Gasteiger partial charge is 0.292 e. The maximum absolute atomic E-state index is 12.5. The molecule has 0 aliphatic carbocycles. The number of hydrogen-bond acceptors (Lipinski definition) is 7. The van der Waals surface area contributed by atoms with Crippen molar-refractivity contribution in [1.29, 1.82) is 0 Å². The highest BCUT2D eigenvalue weighted by molar-refractivity contribution is 7.22. The maximum atomic E-state index is 12.5. The summed E-state index contributed by atoms with van der Waals surface area (Å²) in [5.74, 6) is 0.519. The topological polar surface area (TPSA) is 86.3 Å². The lowest BCUT2D eigenvalue weighted by atomic mass is 10.1. The van der Waals surface area contributed by atoms with Gasteiger partial charge >= 0.3 is 0 Å². The molecule has 0 amide bonds. The number of fused-ring (bicyclic) bond motifs is 1. The summed E-state index contributed by atoms with van der Waals surface area (Å²) < 4.78 is 7.89. The third kappa shape index (κ3) is 3.45. The molecule has 2 aromatic heterocycles. The molecule has 0 saturated carbocycles. The summed E-state index contributed by atoms with van der Waals surface area (Å²) in [5.41, 5.74) is 8.28. The molecule has 9 heteroatoms. The minimum absolute atomic E-state index is 0.162. The van der Waals surface area contributed by atoms with Gasteiger partial charge in [0, 0.05) is 18.1 Å². The van der Waals surface area contributed by atoms with Crippen LogP contribution in [0, 0.1) is 6.92 Å². The van der Waals surface area contributed by atoms with Gasteiger partial charge in [-0.15, -0.1) is 0 Å². The van der Waals surface area contributed by atoms with E-state index in [1.165, 1.54) is 11.3 Å². The number of rotatable bonds is 4. The number of thiazole rings is 1. The van der Waals surface area contributed by atoms with Crippen LogP contribution in [0.3, 0.4) is 0 Å². The number of halogens is 1. The number of nitrogens with zero attached hydrogens (tertiary/aromatic N) is 4. The molecule has 1 aromatic carbocycles. The molecule has 0 radical (unpaired) electrons. The third-order valence-corrected chi connectivity index (χ3v) is 6.27. The fraction of sp³-hybridized carbons (Fsp3) is 0.389. The molecule has 3 aromatic rings. The van der Waals surface area contributed by atoms with Gasteiger partial charge < -0.3 is 19.9 Å². The highest BCUT2D eigenvalue weighted by Gasteiger charge is 2.20. The Morgan fingerprint density at radius 1 is 1.30 bits per heavy atom. The Kier molecular flexibility index (Phi) is 5.14. The van der Waals surface area contributed by atoms with E-state index in [1.807, 2.05) is 29.7 Å². The van der Waals surface area contributed by atoms with Crippen LogP contribution in [-0.2, 0) is 17.8 Å². The average molecular weight is 406 g/mol. The van der Waals surface area contributed by atoms with Gasteiger partial charge in [-0.1, -0.05) is 35.1 Å². The van der Waals surface area contributed by atoms with Gasteiger partial charge in [-0.3, -0.25) is 4.79 Å². The number of nitrogens with two attached hydrogens (primary N) is 1. The van der Waals surface area contributed by atoms with Crippen molar-refractivity contribution in [2.24, 2.45) is 5.73 Å². The van der Waals surface area contributed by atoms with E-state index in [0.29, 0.717) is 41.0 Å². The number of ether oxygens (including phenoxy) is 1. The van der Waals surface area contributed by atoms with Gasteiger partial charge in [-0.05, 0) is 24.1 Å². The predicted octanol–water partition coefficient (Wildman–Crippen LogP) is 2.16. The quantitative estimate of drug-likeness (QED) is 0.715. The van der Waals surface area contributed by atoms with Crippen LogP contribution < -0.4 is 16.2 Å². The fourth-order valence-electron chi connectivity index (χ4n) is 3.18. The number of aromatic nitrogens is 3. The number of anilines is 1. The number of morpholine rings is 1. The van der Waals surface area contributed by atoms with Crippen molar-refractivity contribution in [2.75, 3.05) is 31.2 Å². The SMILES string of the molecule is Cc1c(Cl)cccc1Cn1c(CN)nc(=O)c2sc(N3CCOCC3)nc21. The second-order valence-electron chi connectivity index (χ2n) is 6.40. The second kappa shape index (κ2) is 7.55. The van der Waals surface area contributed by atoms with Gasteiger partial charge in [0.15, 0.2) is 10.8 Å². The molecule has 0 atom stereocenters. The summed E-state index contributed by atoms with van der Waals surface area (Å²) in [6.45, 7) is 5.50. The van der Waals surface area contributed by atoms with Gasteiger partial charge in [0.05, 0.1) is 26.3 Å². The highest BCUT2D eigenvalue weighted by atomic mass is 35.5. The van der Waals surface area contributed by atoms with Crippen molar-refractivity contribution in [3.63, 3.8) is 0 Å². The zero-order valence-electron chi connectivity index (χ0n) is 14.9. The first-order chi connectivity index (χ1) is 13.1. The van der Waals surface area contributed by atoms with Crippen LogP contribution >= 0.6 is 22.9 Å². The van der Waals surface area contributed by atoms with E-state index < -0.39 is 0 Å². The monoisotopic (exact) mass is 405 g/mol. The first-order valence-corrected chi connectivity index (χ1v) is 9.95. The largest absolute Gasteiger partial charge is 0.378 e.